The van der Waals surface area contributed by atoms with Gasteiger partial charge in [0, 0.05) is 25.9 Å². The topological polar surface area (TPSA) is 107 Å². The summed E-state index contributed by atoms with van der Waals surface area (Å²) in [4.78, 5) is 31.1. The summed E-state index contributed by atoms with van der Waals surface area (Å²) in [5.74, 6) is -1.26. The van der Waals surface area contributed by atoms with Crippen LogP contribution in [0.4, 0.5) is 28.0 Å². The van der Waals surface area contributed by atoms with Crippen molar-refractivity contribution < 1.29 is 36.6 Å². The summed E-state index contributed by atoms with van der Waals surface area (Å²) in [6.07, 6.45) is -0.0524. The SMILES string of the molecule is CO[C@]1(C(F)(F)F)C[C@H](C(=O)Nc2cc(C(N)(CCC3CC3)c3ccncc3)ccc2F)N(C(=O)OC(C)(C)C)C1. The van der Waals surface area contributed by atoms with E-state index in [1.165, 1.54) is 12.1 Å². The molecule has 1 saturated heterocycles. The third-order valence-electron chi connectivity index (χ3n) is 7.74. The molecule has 3 atom stereocenters. The van der Waals surface area contributed by atoms with E-state index in [4.69, 9.17) is 15.2 Å². The van der Waals surface area contributed by atoms with Crippen LogP contribution in [0.15, 0.2) is 42.7 Å². The fourth-order valence-electron chi connectivity index (χ4n) is 5.15. The largest absolute Gasteiger partial charge is 0.444 e. The lowest BCUT2D eigenvalue weighted by Gasteiger charge is -2.32. The van der Waals surface area contributed by atoms with Crippen molar-refractivity contribution in [1.29, 1.82) is 0 Å². The van der Waals surface area contributed by atoms with Gasteiger partial charge >= 0.3 is 12.3 Å². The van der Waals surface area contributed by atoms with Crippen LogP contribution in [0.25, 0.3) is 0 Å². The highest BCUT2D eigenvalue weighted by atomic mass is 19.4. The van der Waals surface area contributed by atoms with Crippen molar-refractivity contribution in [2.45, 2.75) is 81.8 Å². The zero-order chi connectivity index (χ0) is 30.2. The van der Waals surface area contributed by atoms with Gasteiger partial charge in [-0.05, 0) is 74.9 Å². The average molecular weight is 581 g/mol. The lowest BCUT2D eigenvalue weighted by molar-refractivity contribution is -0.263. The summed E-state index contributed by atoms with van der Waals surface area (Å²) in [6, 6.07) is 5.97. The minimum Gasteiger partial charge on any atom is -0.444 e. The maximum Gasteiger partial charge on any atom is 0.419 e. The molecule has 2 fully saturated rings. The number of ether oxygens (including phenoxy) is 2. The van der Waals surface area contributed by atoms with E-state index in [1.54, 1.807) is 45.3 Å². The lowest BCUT2D eigenvalue weighted by Crippen LogP contribution is -2.50. The molecule has 2 aliphatic rings. The molecule has 41 heavy (non-hydrogen) atoms. The zero-order valence-electron chi connectivity index (χ0n) is 23.6. The maximum atomic E-state index is 15.0. The zero-order valence-corrected chi connectivity index (χ0v) is 23.6. The number of nitrogens with zero attached hydrogens (tertiary/aromatic N) is 2. The van der Waals surface area contributed by atoms with Gasteiger partial charge < -0.3 is 20.5 Å². The molecule has 2 aromatic rings. The van der Waals surface area contributed by atoms with E-state index in [0.717, 1.165) is 38.0 Å². The molecule has 4 rings (SSSR count). The van der Waals surface area contributed by atoms with Gasteiger partial charge in [0.2, 0.25) is 5.91 Å². The van der Waals surface area contributed by atoms with Crippen molar-refractivity contribution in [2.75, 3.05) is 19.0 Å². The predicted octanol–water partition coefficient (Wildman–Crippen LogP) is 5.51. The number of rotatable bonds is 8. The van der Waals surface area contributed by atoms with E-state index in [0.29, 0.717) is 22.8 Å². The third kappa shape index (κ3) is 6.64. The first-order valence-electron chi connectivity index (χ1n) is 13.5. The van der Waals surface area contributed by atoms with E-state index in [9.17, 15) is 22.8 Å². The van der Waals surface area contributed by atoms with Crippen LogP contribution < -0.4 is 11.1 Å². The number of methoxy groups -OCH3 is 1. The van der Waals surface area contributed by atoms with Crippen molar-refractivity contribution in [3.8, 4) is 0 Å². The van der Waals surface area contributed by atoms with Gasteiger partial charge in [-0.15, -0.1) is 0 Å². The summed E-state index contributed by atoms with van der Waals surface area (Å²) < 4.78 is 67.4. The van der Waals surface area contributed by atoms with Crippen molar-refractivity contribution in [1.82, 2.24) is 9.88 Å². The first-order chi connectivity index (χ1) is 19.1. The number of alkyl halides is 3. The molecular weight excluding hydrogens is 544 g/mol. The summed E-state index contributed by atoms with van der Waals surface area (Å²) in [5, 5.41) is 2.40. The number of amides is 2. The Balaban J connectivity index is 1.65. The van der Waals surface area contributed by atoms with Gasteiger partial charge in [0.25, 0.3) is 0 Å². The second-order valence-electron chi connectivity index (χ2n) is 11.9. The standard InChI is InChI=1S/C29H36F4N4O4/c1-26(2,3)41-25(39)37-17-27(40-4,29(31,32)33)16-23(37)24(38)36-22-15-20(7-8-21(22)30)28(34,12-9-18-5-6-18)19-10-13-35-14-11-19/h7-8,10-11,13-15,18,23H,5-6,9,12,16-17,34H2,1-4H3,(H,36,38)/t23-,27-,28?/m1/s1. The summed E-state index contributed by atoms with van der Waals surface area (Å²) >= 11 is 0. The number of benzene rings is 1. The van der Waals surface area contributed by atoms with Crippen molar-refractivity contribution in [3.05, 3.63) is 59.7 Å². The predicted molar refractivity (Wildman–Crippen MR) is 143 cm³/mol. The summed E-state index contributed by atoms with van der Waals surface area (Å²) in [5.41, 5.74) is 3.06. The van der Waals surface area contributed by atoms with Crippen LogP contribution in [0.1, 0.15) is 64.0 Å². The molecule has 0 bridgehead atoms. The lowest BCUT2D eigenvalue weighted by atomic mass is 9.79. The highest BCUT2D eigenvalue weighted by Crippen LogP contribution is 2.44. The van der Waals surface area contributed by atoms with Gasteiger partial charge in [0.1, 0.15) is 17.5 Å². The molecule has 8 nitrogen and oxygen atoms in total. The van der Waals surface area contributed by atoms with Crippen LogP contribution >= 0.6 is 0 Å². The molecule has 224 valence electrons. The van der Waals surface area contributed by atoms with Crippen molar-refractivity contribution in [3.63, 3.8) is 0 Å². The molecule has 1 aromatic carbocycles. The first kappa shape index (κ1) is 30.7. The molecule has 1 saturated carbocycles. The molecule has 1 aliphatic heterocycles. The van der Waals surface area contributed by atoms with E-state index in [-0.39, 0.29) is 5.69 Å². The fourth-order valence-corrected chi connectivity index (χ4v) is 5.15. The molecule has 12 heteroatoms. The number of anilines is 1. The highest BCUT2D eigenvalue weighted by molar-refractivity contribution is 5.97. The first-order valence-corrected chi connectivity index (χ1v) is 13.5. The van der Waals surface area contributed by atoms with Crippen molar-refractivity contribution >= 4 is 17.7 Å². The van der Waals surface area contributed by atoms with Crippen LogP contribution in [0.5, 0.6) is 0 Å². The Morgan fingerprint density at radius 2 is 1.78 bits per heavy atom. The molecule has 1 unspecified atom stereocenters. The van der Waals surface area contributed by atoms with Crippen LogP contribution in [-0.2, 0) is 19.8 Å². The summed E-state index contributed by atoms with van der Waals surface area (Å²) in [7, 11) is 0.867. The Bertz CT molecular complexity index is 1270. The van der Waals surface area contributed by atoms with Crippen LogP contribution in [0, 0.1) is 11.7 Å². The normalized spacial score (nSPS) is 22.8. The van der Waals surface area contributed by atoms with Gasteiger partial charge in [-0.1, -0.05) is 18.9 Å². The Kier molecular flexibility index (Phi) is 8.39. The summed E-state index contributed by atoms with van der Waals surface area (Å²) in [6.45, 7) is 3.69. The fraction of sp³-hybridized carbons (Fsp3) is 0.552. The molecule has 0 radical (unpaired) electrons. The Hall–Kier alpha value is -3.25. The number of carbonyl (C=O) groups excluding carboxylic acids is 2. The molecule has 3 N–H and O–H groups in total. The number of aromatic nitrogens is 1. The minimum absolute atomic E-state index is 0.270. The van der Waals surface area contributed by atoms with Crippen LogP contribution in [0.2, 0.25) is 0 Å². The Morgan fingerprint density at radius 1 is 1.12 bits per heavy atom. The van der Waals surface area contributed by atoms with Gasteiger partial charge in [-0.3, -0.25) is 14.7 Å². The minimum atomic E-state index is -4.90. The van der Waals surface area contributed by atoms with E-state index < -0.39 is 59.7 Å². The van der Waals surface area contributed by atoms with Gasteiger partial charge in [-0.2, -0.15) is 13.2 Å². The van der Waals surface area contributed by atoms with E-state index in [1.807, 2.05) is 0 Å². The quantitative estimate of drug-likeness (QED) is 0.399. The average Bonchev–Trinajstić information content (AvgIpc) is 3.63. The second-order valence-corrected chi connectivity index (χ2v) is 11.9. The van der Waals surface area contributed by atoms with Gasteiger partial charge in [0.05, 0.1) is 17.8 Å². The monoisotopic (exact) mass is 580 g/mol. The second kappa shape index (κ2) is 11.2. The van der Waals surface area contributed by atoms with E-state index >= 15 is 4.39 Å². The number of halogens is 4. The number of nitrogens with two attached hydrogens (primary N) is 1. The number of pyridine rings is 1. The molecule has 2 amide bonds. The maximum absolute atomic E-state index is 15.0. The van der Waals surface area contributed by atoms with Gasteiger partial charge in [0.15, 0.2) is 5.60 Å². The molecule has 1 aliphatic carbocycles. The molecule has 1 aromatic heterocycles. The number of nitrogens with one attached hydrogen (secondary N) is 1. The molecular formula is C29H36F4N4O4. The van der Waals surface area contributed by atoms with Crippen LogP contribution in [0.3, 0.4) is 0 Å². The molecule has 0 spiro atoms. The Morgan fingerprint density at radius 3 is 2.34 bits per heavy atom. The number of hydrogen-bond acceptors (Lipinski definition) is 6. The Labute approximate surface area is 236 Å². The number of carbonyl (C=O) groups is 2. The van der Waals surface area contributed by atoms with Crippen LogP contribution in [-0.4, -0.2) is 59.0 Å². The van der Waals surface area contributed by atoms with E-state index in [2.05, 4.69) is 10.3 Å². The third-order valence-corrected chi connectivity index (χ3v) is 7.74. The number of hydrogen-bond donors (Lipinski definition) is 2. The van der Waals surface area contributed by atoms with Crippen molar-refractivity contribution in [2.24, 2.45) is 11.7 Å². The highest BCUT2D eigenvalue weighted by Gasteiger charge is 2.64. The molecule has 2 heterocycles. The number of likely N-dealkylation sites (tertiary alicyclic amines) is 1. The smallest absolute Gasteiger partial charge is 0.419 e. The van der Waals surface area contributed by atoms with Gasteiger partial charge in [-0.25, -0.2) is 9.18 Å².